The van der Waals surface area contributed by atoms with Gasteiger partial charge in [0, 0.05) is 16.6 Å². The maximum atomic E-state index is 9.39. The van der Waals surface area contributed by atoms with Crippen molar-refractivity contribution in [3.8, 4) is 16.9 Å². The summed E-state index contributed by atoms with van der Waals surface area (Å²) in [6, 6.07) is 15.1. The molecular weight excluding hydrogens is 258 g/mol. The Morgan fingerprint density at radius 2 is 1.84 bits per heavy atom. The van der Waals surface area contributed by atoms with Crippen molar-refractivity contribution in [1.82, 2.24) is 4.98 Å². The molecule has 0 unspecified atom stereocenters. The van der Waals surface area contributed by atoms with E-state index in [-0.39, 0.29) is 5.75 Å². The molecule has 2 aromatic carbocycles. The van der Waals surface area contributed by atoms with Crippen molar-refractivity contribution in [3.63, 3.8) is 0 Å². The molecular formula is C16H12ClNO. The predicted octanol–water partition coefficient (Wildman–Crippen LogP) is 4.57. The van der Waals surface area contributed by atoms with Crippen molar-refractivity contribution >= 4 is 22.5 Å². The zero-order valence-corrected chi connectivity index (χ0v) is 11.1. The molecule has 1 heterocycles. The molecule has 0 saturated heterocycles. The summed E-state index contributed by atoms with van der Waals surface area (Å²) in [5.41, 5.74) is 3.90. The molecule has 0 spiro atoms. The molecule has 0 aliphatic heterocycles. The van der Waals surface area contributed by atoms with E-state index in [1.165, 1.54) is 0 Å². The lowest BCUT2D eigenvalue weighted by molar-refractivity contribution is 0.475. The van der Waals surface area contributed by atoms with Crippen molar-refractivity contribution in [2.45, 2.75) is 6.92 Å². The average molecular weight is 270 g/mol. The number of rotatable bonds is 1. The van der Waals surface area contributed by atoms with Gasteiger partial charge in [-0.25, -0.2) is 0 Å². The number of phenolic OH excluding ortho intramolecular Hbond substituents is 1. The summed E-state index contributed by atoms with van der Waals surface area (Å²) in [6.45, 7) is 1.98. The Bertz CT molecular complexity index is 768. The first kappa shape index (κ1) is 12.0. The molecule has 0 fully saturated rings. The van der Waals surface area contributed by atoms with Crippen molar-refractivity contribution in [3.05, 3.63) is 59.2 Å². The second-order valence-corrected chi connectivity index (χ2v) is 4.93. The normalized spacial score (nSPS) is 10.8. The second kappa shape index (κ2) is 4.56. The molecule has 19 heavy (non-hydrogen) atoms. The van der Waals surface area contributed by atoms with Crippen LogP contribution in [0.25, 0.3) is 22.0 Å². The van der Waals surface area contributed by atoms with Crippen LogP contribution in [0.2, 0.25) is 5.02 Å². The standard InChI is InChI=1S/C16H12ClNO/c1-10-2-3-12-8-11(4-7-16(12)18-10)14-6-5-13(19)9-15(14)17/h2-9,19H,1H3. The van der Waals surface area contributed by atoms with Gasteiger partial charge in [-0.3, -0.25) is 4.98 Å². The van der Waals surface area contributed by atoms with E-state index in [0.29, 0.717) is 5.02 Å². The highest BCUT2D eigenvalue weighted by Gasteiger charge is 2.06. The summed E-state index contributed by atoms with van der Waals surface area (Å²) in [6.07, 6.45) is 0. The van der Waals surface area contributed by atoms with Crippen LogP contribution in [-0.2, 0) is 0 Å². The van der Waals surface area contributed by atoms with E-state index >= 15 is 0 Å². The number of hydrogen-bond donors (Lipinski definition) is 1. The van der Waals surface area contributed by atoms with E-state index in [2.05, 4.69) is 17.1 Å². The van der Waals surface area contributed by atoms with Crippen LogP contribution in [0.4, 0.5) is 0 Å². The van der Waals surface area contributed by atoms with Crippen LogP contribution in [0.1, 0.15) is 5.69 Å². The molecule has 2 nitrogen and oxygen atoms in total. The highest BCUT2D eigenvalue weighted by molar-refractivity contribution is 6.33. The van der Waals surface area contributed by atoms with Gasteiger partial charge in [-0.1, -0.05) is 23.7 Å². The molecule has 1 aromatic heterocycles. The van der Waals surface area contributed by atoms with Crippen molar-refractivity contribution < 1.29 is 5.11 Å². The van der Waals surface area contributed by atoms with Gasteiger partial charge in [-0.2, -0.15) is 0 Å². The average Bonchev–Trinajstić information content (AvgIpc) is 2.38. The summed E-state index contributed by atoms with van der Waals surface area (Å²) in [4.78, 5) is 4.47. The topological polar surface area (TPSA) is 33.1 Å². The summed E-state index contributed by atoms with van der Waals surface area (Å²) in [5.74, 6) is 0.173. The van der Waals surface area contributed by atoms with Gasteiger partial charge < -0.3 is 5.11 Å². The van der Waals surface area contributed by atoms with Crippen LogP contribution in [0.3, 0.4) is 0 Å². The number of nitrogens with zero attached hydrogens (tertiary/aromatic N) is 1. The molecule has 0 amide bonds. The molecule has 0 aliphatic rings. The van der Waals surface area contributed by atoms with Gasteiger partial charge in [0.25, 0.3) is 0 Å². The lowest BCUT2D eigenvalue weighted by Crippen LogP contribution is -1.85. The highest BCUT2D eigenvalue weighted by Crippen LogP contribution is 2.32. The number of pyridine rings is 1. The third-order valence-electron chi connectivity index (χ3n) is 3.09. The fourth-order valence-corrected chi connectivity index (χ4v) is 2.42. The first-order chi connectivity index (χ1) is 9.13. The molecule has 94 valence electrons. The minimum Gasteiger partial charge on any atom is -0.508 e. The minimum atomic E-state index is 0.173. The number of aryl methyl sites for hydroxylation is 1. The van der Waals surface area contributed by atoms with E-state index in [1.807, 2.05) is 31.2 Å². The Labute approximate surface area is 116 Å². The number of fused-ring (bicyclic) bond motifs is 1. The van der Waals surface area contributed by atoms with Gasteiger partial charge in [0.15, 0.2) is 0 Å². The van der Waals surface area contributed by atoms with Gasteiger partial charge in [-0.15, -0.1) is 0 Å². The van der Waals surface area contributed by atoms with Gasteiger partial charge in [0.1, 0.15) is 5.75 Å². The zero-order valence-electron chi connectivity index (χ0n) is 10.4. The molecule has 3 aromatic rings. The summed E-state index contributed by atoms with van der Waals surface area (Å²) < 4.78 is 0. The van der Waals surface area contributed by atoms with Crippen molar-refractivity contribution in [2.75, 3.05) is 0 Å². The molecule has 0 bridgehead atoms. The SMILES string of the molecule is Cc1ccc2cc(-c3ccc(O)cc3Cl)ccc2n1. The quantitative estimate of drug-likeness (QED) is 0.702. The predicted molar refractivity (Wildman–Crippen MR) is 78.6 cm³/mol. The number of hydrogen-bond acceptors (Lipinski definition) is 2. The third-order valence-corrected chi connectivity index (χ3v) is 3.40. The molecule has 3 rings (SSSR count). The third kappa shape index (κ3) is 2.27. The van der Waals surface area contributed by atoms with Crippen LogP contribution in [0, 0.1) is 6.92 Å². The molecule has 0 saturated carbocycles. The van der Waals surface area contributed by atoms with Crippen LogP contribution in [0.5, 0.6) is 5.75 Å². The van der Waals surface area contributed by atoms with E-state index in [0.717, 1.165) is 27.7 Å². The van der Waals surface area contributed by atoms with Gasteiger partial charge in [-0.05, 0) is 48.9 Å². The smallest absolute Gasteiger partial charge is 0.117 e. The highest BCUT2D eigenvalue weighted by atomic mass is 35.5. The lowest BCUT2D eigenvalue weighted by atomic mass is 10.0. The molecule has 1 N–H and O–H groups in total. The number of benzene rings is 2. The van der Waals surface area contributed by atoms with Crippen LogP contribution in [-0.4, -0.2) is 10.1 Å². The number of phenols is 1. The summed E-state index contributed by atoms with van der Waals surface area (Å²) in [5, 5.41) is 11.0. The molecule has 0 atom stereocenters. The van der Waals surface area contributed by atoms with E-state index in [1.54, 1.807) is 12.1 Å². The Hall–Kier alpha value is -2.06. The zero-order chi connectivity index (χ0) is 13.4. The first-order valence-electron chi connectivity index (χ1n) is 6.00. The maximum Gasteiger partial charge on any atom is 0.117 e. The van der Waals surface area contributed by atoms with Crippen molar-refractivity contribution in [1.29, 1.82) is 0 Å². The fraction of sp³-hybridized carbons (Fsp3) is 0.0625. The Balaban J connectivity index is 2.17. The van der Waals surface area contributed by atoms with E-state index < -0.39 is 0 Å². The number of aromatic hydroxyl groups is 1. The largest absolute Gasteiger partial charge is 0.508 e. The van der Waals surface area contributed by atoms with E-state index in [9.17, 15) is 5.11 Å². The van der Waals surface area contributed by atoms with Crippen LogP contribution in [0.15, 0.2) is 48.5 Å². The Kier molecular flexibility index (Phi) is 2.88. The Morgan fingerprint density at radius 3 is 2.63 bits per heavy atom. The Morgan fingerprint density at radius 1 is 1.00 bits per heavy atom. The number of halogens is 1. The molecule has 3 heteroatoms. The van der Waals surface area contributed by atoms with Crippen LogP contribution < -0.4 is 0 Å². The molecule has 0 radical (unpaired) electrons. The van der Waals surface area contributed by atoms with Crippen LogP contribution >= 0.6 is 11.6 Å². The fourth-order valence-electron chi connectivity index (χ4n) is 2.13. The monoisotopic (exact) mass is 269 g/mol. The van der Waals surface area contributed by atoms with Gasteiger partial charge in [0.2, 0.25) is 0 Å². The van der Waals surface area contributed by atoms with Gasteiger partial charge in [0.05, 0.1) is 10.5 Å². The summed E-state index contributed by atoms with van der Waals surface area (Å²) in [7, 11) is 0. The maximum absolute atomic E-state index is 9.39. The lowest BCUT2D eigenvalue weighted by Gasteiger charge is -2.07. The second-order valence-electron chi connectivity index (χ2n) is 4.52. The summed E-state index contributed by atoms with van der Waals surface area (Å²) >= 11 is 6.16. The van der Waals surface area contributed by atoms with E-state index in [4.69, 9.17) is 11.6 Å². The van der Waals surface area contributed by atoms with Crippen molar-refractivity contribution in [2.24, 2.45) is 0 Å². The minimum absolute atomic E-state index is 0.173. The molecule has 0 aliphatic carbocycles. The first-order valence-corrected chi connectivity index (χ1v) is 6.37. The van der Waals surface area contributed by atoms with Gasteiger partial charge >= 0.3 is 0 Å². The number of aromatic nitrogens is 1.